The zero-order valence-corrected chi connectivity index (χ0v) is 16.0. The Bertz CT molecular complexity index is 787. The Morgan fingerprint density at radius 3 is 2.62 bits per heavy atom. The van der Waals surface area contributed by atoms with Crippen LogP contribution in [-0.4, -0.2) is 41.2 Å². The maximum absolute atomic E-state index is 12.5. The molecule has 26 heavy (non-hydrogen) atoms. The van der Waals surface area contributed by atoms with Gasteiger partial charge < -0.3 is 15.0 Å². The van der Waals surface area contributed by atoms with E-state index in [2.05, 4.69) is 22.4 Å². The van der Waals surface area contributed by atoms with E-state index in [-0.39, 0.29) is 5.91 Å². The average molecular weight is 375 g/mol. The van der Waals surface area contributed by atoms with Crippen molar-refractivity contribution in [3.05, 3.63) is 40.5 Å². The topological polar surface area (TPSA) is 67.3 Å². The van der Waals surface area contributed by atoms with Gasteiger partial charge in [-0.1, -0.05) is 18.5 Å². The van der Waals surface area contributed by atoms with E-state index in [0.717, 1.165) is 37.2 Å². The van der Waals surface area contributed by atoms with Gasteiger partial charge in [0.05, 0.1) is 12.8 Å². The summed E-state index contributed by atoms with van der Waals surface area (Å²) < 4.78 is 5.35. The molecule has 1 N–H and O–H groups in total. The van der Waals surface area contributed by atoms with E-state index in [9.17, 15) is 4.79 Å². The third-order valence-corrected chi connectivity index (χ3v) is 5.11. The highest BCUT2D eigenvalue weighted by atomic mass is 35.5. The van der Waals surface area contributed by atoms with Gasteiger partial charge in [-0.3, -0.25) is 4.79 Å². The number of rotatable bonds is 4. The van der Waals surface area contributed by atoms with E-state index in [1.165, 1.54) is 0 Å². The number of amides is 1. The number of aromatic nitrogens is 2. The van der Waals surface area contributed by atoms with Crippen LogP contribution in [0.25, 0.3) is 0 Å². The van der Waals surface area contributed by atoms with Gasteiger partial charge in [-0.15, -0.1) is 10.2 Å². The number of ether oxygens (including phenoxy) is 1. The van der Waals surface area contributed by atoms with Gasteiger partial charge in [0.15, 0.2) is 11.5 Å². The molecule has 1 saturated heterocycles. The van der Waals surface area contributed by atoms with Crippen molar-refractivity contribution in [3.63, 3.8) is 0 Å². The van der Waals surface area contributed by atoms with E-state index >= 15 is 0 Å². The number of likely N-dealkylation sites (tertiary alicyclic amines) is 1. The lowest BCUT2D eigenvalue weighted by molar-refractivity contribution is 0.0690. The molecule has 2 heterocycles. The van der Waals surface area contributed by atoms with Crippen molar-refractivity contribution in [2.24, 2.45) is 5.92 Å². The van der Waals surface area contributed by atoms with Gasteiger partial charge in [-0.25, -0.2) is 0 Å². The molecule has 0 bridgehead atoms. The quantitative estimate of drug-likeness (QED) is 0.873. The number of anilines is 2. The SMILES string of the molecule is COc1cc(Cl)c(C)cc1Nc1ccc(C(=O)N2CCC(C)CC2)nn1. The van der Waals surface area contributed by atoms with E-state index in [4.69, 9.17) is 16.3 Å². The fourth-order valence-corrected chi connectivity index (χ4v) is 3.11. The maximum Gasteiger partial charge on any atom is 0.274 e. The van der Waals surface area contributed by atoms with Crippen molar-refractivity contribution in [2.45, 2.75) is 26.7 Å². The Balaban J connectivity index is 1.72. The van der Waals surface area contributed by atoms with Gasteiger partial charge in [-0.05, 0) is 49.4 Å². The zero-order valence-electron chi connectivity index (χ0n) is 15.3. The smallest absolute Gasteiger partial charge is 0.274 e. The summed E-state index contributed by atoms with van der Waals surface area (Å²) in [5.41, 5.74) is 2.03. The lowest BCUT2D eigenvalue weighted by Crippen LogP contribution is -2.38. The predicted octanol–water partition coefficient (Wildman–Crippen LogP) is 4.06. The number of halogens is 1. The number of nitrogens with one attached hydrogen (secondary N) is 1. The molecular weight excluding hydrogens is 352 g/mol. The van der Waals surface area contributed by atoms with Crippen molar-refractivity contribution in [2.75, 3.05) is 25.5 Å². The lowest BCUT2D eigenvalue weighted by Gasteiger charge is -2.29. The normalized spacial score (nSPS) is 15.0. The highest BCUT2D eigenvalue weighted by Crippen LogP contribution is 2.32. The minimum atomic E-state index is -0.0594. The van der Waals surface area contributed by atoms with E-state index < -0.39 is 0 Å². The van der Waals surface area contributed by atoms with Crippen molar-refractivity contribution in [1.82, 2.24) is 15.1 Å². The molecule has 0 aliphatic carbocycles. The number of hydrogen-bond donors (Lipinski definition) is 1. The van der Waals surface area contributed by atoms with Crippen LogP contribution in [0, 0.1) is 12.8 Å². The van der Waals surface area contributed by atoms with Crippen molar-refractivity contribution in [3.8, 4) is 5.75 Å². The van der Waals surface area contributed by atoms with Crippen LogP contribution in [0.15, 0.2) is 24.3 Å². The number of benzene rings is 1. The van der Waals surface area contributed by atoms with Crippen LogP contribution in [0.2, 0.25) is 5.02 Å². The van der Waals surface area contributed by atoms with Gasteiger partial charge >= 0.3 is 0 Å². The van der Waals surface area contributed by atoms with Crippen LogP contribution in [0.3, 0.4) is 0 Å². The van der Waals surface area contributed by atoms with Gasteiger partial charge in [0.1, 0.15) is 5.75 Å². The molecule has 1 amide bonds. The summed E-state index contributed by atoms with van der Waals surface area (Å²) in [5, 5.41) is 12.0. The summed E-state index contributed by atoms with van der Waals surface area (Å²) in [6, 6.07) is 7.08. The van der Waals surface area contributed by atoms with Crippen LogP contribution in [-0.2, 0) is 0 Å². The molecule has 6 nitrogen and oxygen atoms in total. The number of carbonyl (C=O) groups excluding carboxylic acids is 1. The van der Waals surface area contributed by atoms with Crippen LogP contribution >= 0.6 is 11.6 Å². The maximum atomic E-state index is 12.5. The first-order valence-electron chi connectivity index (χ1n) is 8.72. The van der Waals surface area contributed by atoms with E-state index in [1.54, 1.807) is 25.3 Å². The second-order valence-corrected chi connectivity index (χ2v) is 7.11. The molecular formula is C19H23ClN4O2. The van der Waals surface area contributed by atoms with Crippen molar-refractivity contribution in [1.29, 1.82) is 0 Å². The summed E-state index contributed by atoms with van der Waals surface area (Å²) in [7, 11) is 1.58. The number of aryl methyl sites for hydroxylation is 1. The predicted molar refractivity (Wildman–Crippen MR) is 102 cm³/mol. The molecule has 1 fully saturated rings. The molecule has 0 radical (unpaired) electrons. The molecule has 1 aliphatic heterocycles. The molecule has 0 unspecified atom stereocenters. The Labute approximate surface area is 158 Å². The molecule has 0 atom stereocenters. The first-order chi connectivity index (χ1) is 12.5. The van der Waals surface area contributed by atoms with Crippen LogP contribution in [0.5, 0.6) is 5.75 Å². The third kappa shape index (κ3) is 4.07. The van der Waals surface area contributed by atoms with Crippen molar-refractivity contribution >= 4 is 29.0 Å². The molecule has 0 spiro atoms. The van der Waals surface area contributed by atoms with Gasteiger partial charge in [-0.2, -0.15) is 0 Å². The largest absolute Gasteiger partial charge is 0.495 e. The van der Waals surface area contributed by atoms with Gasteiger partial charge in [0.2, 0.25) is 0 Å². The number of carbonyl (C=O) groups is 1. The highest BCUT2D eigenvalue weighted by Gasteiger charge is 2.22. The Morgan fingerprint density at radius 1 is 1.27 bits per heavy atom. The van der Waals surface area contributed by atoms with Crippen LogP contribution in [0.1, 0.15) is 35.8 Å². The number of nitrogens with zero attached hydrogens (tertiary/aromatic N) is 3. The summed E-state index contributed by atoms with van der Waals surface area (Å²) in [5.74, 6) is 1.77. The Hall–Kier alpha value is -2.34. The molecule has 0 saturated carbocycles. The van der Waals surface area contributed by atoms with Crippen molar-refractivity contribution < 1.29 is 9.53 Å². The molecule has 1 aromatic heterocycles. The molecule has 2 aromatic rings. The number of methoxy groups -OCH3 is 1. The molecule has 3 rings (SSSR count). The molecule has 1 aliphatic rings. The molecule has 1 aromatic carbocycles. The third-order valence-electron chi connectivity index (χ3n) is 4.70. The van der Waals surface area contributed by atoms with Crippen LogP contribution in [0.4, 0.5) is 11.5 Å². The summed E-state index contributed by atoms with van der Waals surface area (Å²) in [6.07, 6.45) is 2.07. The Morgan fingerprint density at radius 2 is 2.00 bits per heavy atom. The summed E-state index contributed by atoms with van der Waals surface area (Å²) in [4.78, 5) is 14.4. The minimum absolute atomic E-state index is 0.0594. The lowest BCUT2D eigenvalue weighted by atomic mass is 9.99. The second-order valence-electron chi connectivity index (χ2n) is 6.71. The monoisotopic (exact) mass is 374 g/mol. The Kier molecular flexibility index (Phi) is 5.61. The molecule has 7 heteroatoms. The standard InChI is InChI=1S/C19H23ClN4O2/c1-12-6-8-24(9-7-12)19(25)15-4-5-18(23-22-15)21-16-10-13(2)14(20)11-17(16)26-3/h4-5,10-12H,6-9H2,1-3H3,(H,21,23). The van der Waals surface area contributed by atoms with Crippen LogP contribution < -0.4 is 10.1 Å². The minimum Gasteiger partial charge on any atom is -0.495 e. The average Bonchev–Trinajstić information content (AvgIpc) is 2.65. The number of hydrogen-bond acceptors (Lipinski definition) is 5. The van der Waals surface area contributed by atoms with E-state index in [1.807, 2.05) is 17.9 Å². The fraction of sp³-hybridized carbons (Fsp3) is 0.421. The zero-order chi connectivity index (χ0) is 18.7. The summed E-state index contributed by atoms with van der Waals surface area (Å²) >= 11 is 6.13. The van der Waals surface area contributed by atoms with Gasteiger partial charge in [0.25, 0.3) is 5.91 Å². The first kappa shape index (κ1) is 18.5. The van der Waals surface area contributed by atoms with E-state index in [0.29, 0.717) is 28.2 Å². The fourth-order valence-electron chi connectivity index (χ4n) is 2.95. The number of piperidine rings is 1. The first-order valence-corrected chi connectivity index (χ1v) is 9.10. The second kappa shape index (κ2) is 7.91. The summed E-state index contributed by atoms with van der Waals surface area (Å²) in [6.45, 7) is 5.70. The molecule has 138 valence electrons. The van der Waals surface area contributed by atoms with Gasteiger partial charge in [0, 0.05) is 24.2 Å². The highest BCUT2D eigenvalue weighted by molar-refractivity contribution is 6.31.